The van der Waals surface area contributed by atoms with Crippen LogP contribution in [0.25, 0.3) is 11.3 Å². The summed E-state index contributed by atoms with van der Waals surface area (Å²) in [5.41, 5.74) is 4.63. The zero-order valence-corrected chi connectivity index (χ0v) is 20.4. The fourth-order valence-electron chi connectivity index (χ4n) is 5.05. The molecular formula is C26H30N4O3S. The molecule has 1 N–H and O–H groups in total. The molecule has 0 atom stereocenters. The largest absolute Gasteiger partial charge is 0.350 e. The first-order chi connectivity index (χ1) is 16.3. The van der Waals surface area contributed by atoms with E-state index in [2.05, 4.69) is 46.5 Å². The van der Waals surface area contributed by atoms with Gasteiger partial charge in [0.2, 0.25) is 0 Å². The first-order valence-electron chi connectivity index (χ1n) is 11.8. The van der Waals surface area contributed by atoms with Crippen molar-refractivity contribution in [3.8, 4) is 11.3 Å². The maximum atomic E-state index is 13.0. The summed E-state index contributed by atoms with van der Waals surface area (Å²) >= 11 is 0. The van der Waals surface area contributed by atoms with E-state index in [1.165, 1.54) is 11.1 Å². The molecule has 2 aliphatic heterocycles. The van der Waals surface area contributed by atoms with Crippen LogP contribution in [0.3, 0.4) is 0 Å². The summed E-state index contributed by atoms with van der Waals surface area (Å²) < 4.78 is 27.3. The van der Waals surface area contributed by atoms with Crippen LogP contribution in [-0.4, -0.2) is 48.6 Å². The van der Waals surface area contributed by atoms with Gasteiger partial charge in [-0.15, -0.1) is 0 Å². The minimum absolute atomic E-state index is 0.201. The summed E-state index contributed by atoms with van der Waals surface area (Å²) in [7, 11) is -1.75. The Balaban J connectivity index is 1.22. The highest BCUT2D eigenvalue weighted by Gasteiger charge is 2.35. The zero-order valence-electron chi connectivity index (χ0n) is 19.6. The summed E-state index contributed by atoms with van der Waals surface area (Å²) in [5.74, 6) is -0.0939. The number of hydrogen-bond acceptors (Lipinski definition) is 5. The Morgan fingerprint density at radius 1 is 1.09 bits per heavy atom. The van der Waals surface area contributed by atoms with Crippen LogP contribution in [0.2, 0.25) is 0 Å². The standard InChI is InChI=1S/C26H30N4O3S/c1-18-7-9-20(10-8-18)16-30-13-11-19(12-14-30)15-27-26(31)24-22-17-34(32,33)23-6-4-3-5-21(23)25(22)29(2)28-24/h3-10,19H,11-17H2,1-2H3,(H,27,31). The maximum absolute atomic E-state index is 13.0. The number of hydrogen-bond donors (Lipinski definition) is 1. The molecule has 7 nitrogen and oxygen atoms in total. The third kappa shape index (κ3) is 4.40. The monoisotopic (exact) mass is 478 g/mol. The lowest BCUT2D eigenvalue weighted by molar-refractivity contribution is 0.0929. The number of carbonyl (C=O) groups is 1. The molecule has 0 unspecified atom stereocenters. The number of likely N-dealkylation sites (tertiary alicyclic amines) is 1. The third-order valence-corrected chi connectivity index (χ3v) is 8.65. The zero-order chi connectivity index (χ0) is 23.9. The van der Waals surface area contributed by atoms with Gasteiger partial charge in [0.25, 0.3) is 5.91 Å². The quantitative estimate of drug-likeness (QED) is 0.608. The van der Waals surface area contributed by atoms with Gasteiger partial charge in [-0.1, -0.05) is 48.0 Å². The lowest BCUT2D eigenvalue weighted by atomic mass is 9.96. The summed E-state index contributed by atoms with van der Waals surface area (Å²) in [6.07, 6.45) is 2.04. The Morgan fingerprint density at radius 3 is 2.53 bits per heavy atom. The van der Waals surface area contributed by atoms with Gasteiger partial charge in [0.15, 0.2) is 15.5 Å². The number of nitrogens with zero attached hydrogens (tertiary/aromatic N) is 3. The highest BCUT2D eigenvalue weighted by Crippen LogP contribution is 2.38. The highest BCUT2D eigenvalue weighted by molar-refractivity contribution is 7.90. The number of amides is 1. The van der Waals surface area contributed by atoms with Crippen LogP contribution in [0.1, 0.15) is 40.0 Å². The van der Waals surface area contributed by atoms with Crippen LogP contribution >= 0.6 is 0 Å². The Morgan fingerprint density at radius 2 is 1.79 bits per heavy atom. The van der Waals surface area contributed by atoms with E-state index in [9.17, 15) is 13.2 Å². The van der Waals surface area contributed by atoms with Gasteiger partial charge in [-0.3, -0.25) is 14.4 Å². The van der Waals surface area contributed by atoms with Crippen molar-refractivity contribution >= 4 is 15.7 Å². The fourth-order valence-corrected chi connectivity index (χ4v) is 6.64. The third-order valence-electron chi connectivity index (χ3n) is 6.96. The molecule has 0 aliphatic carbocycles. The topological polar surface area (TPSA) is 84.3 Å². The van der Waals surface area contributed by atoms with Gasteiger partial charge in [-0.25, -0.2) is 8.42 Å². The SMILES string of the molecule is Cc1ccc(CN2CCC(CNC(=O)c3nn(C)c4c3CS(=O)(=O)c3ccccc3-4)CC2)cc1. The first kappa shape index (κ1) is 22.8. The molecule has 2 aromatic carbocycles. The molecule has 1 aromatic heterocycles. The highest BCUT2D eigenvalue weighted by atomic mass is 32.2. The van der Waals surface area contributed by atoms with Crippen LogP contribution < -0.4 is 5.32 Å². The molecule has 3 heterocycles. The minimum Gasteiger partial charge on any atom is -0.350 e. The number of piperidine rings is 1. The number of rotatable bonds is 5. The van der Waals surface area contributed by atoms with Gasteiger partial charge < -0.3 is 5.32 Å². The number of fused-ring (bicyclic) bond motifs is 3. The summed E-state index contributed by atoms with van der Waals surface area (Å²) in [6, 6.07) is 15.6. The van der Waals surface area contributed by atoms with Crippen LogP contribution in [0.5, 0.6) is 0 Å². The smallest absolute Gasteiger partial charge is 0.272 e. The molecule has 1 saturated heterocycles. The first-order valence-corrected chi connectivity index (χ1v) is 13.4. The van der Waals surface area contributed by atoms with Crippen molar-refractivity contribution in [2.75, 3.05) is 19.6 Å². The van der Waals surface area contributed by atoms with E-state index < -0.39 is 9.84 Å². The molecule has 1 fully saturated rings. The van der Waals surface area contributed by atoms with Gasteiger partial charge >= 0.3 is 0 Å². The predicted octanol–water partition coefficient (Wildman–Crippen LogP) is 3.32. The van der Waals surface area contributed by atoms with E-state index >= 15 is 0 Å². The van der Waals surface area contributed by atoms with E-state index in [1.807, 2.05) is 0 Å². The molecule has 1 amide bonds. The summed E-state index contributed by atoms with van der Waals surface area (Å²) in [6.45, 7) is 5.63. The van der Waals surface area contributed by atoms with Gasteiger partial charge in [0, 0.05) is 31.3 Å². The van der Waals surface area contributed by atoms with Gasteiger partial charge in [-0.2, -0.15) is 5.10 Å². The molecule has 0 bridgehead atoms. The predicted molar refractivity (Wildman–Crippen MR) is 131 cm³/mol. The molecule has 3 aromatic rings. The average molecular weight is 479 g/mol. The molecule has 0 spiro atoms. The molecule has 34 heavy (non-hydrogen) atoms. The molecule has 0 radical (unpaired) electrons. The van der Waals surface area contributed by atoms with E-state index in [0.29, 0.717) is 34.2 Å². The van der Waals surface area contributed by atoms with E-state index in [4.69, 9.17) is 0 Å². The Kier molecular flexibility index (Phi) is 6.04. The Bertz CT molecular complexity index is 1320. The lowest BCUT2D eigenvalue weighted by Gasteiger charge is -2.32. The van der Waals surface area contributed by atoms with Crippen molar-refractivity contribution < 1.29 is 13.2 Å². The summed E-state index contributed by atoms with van der Waals surface area (Å²) in [4.78, 5) is 15.8. The Hall–Kier alpha value is -2.97. The second-order valence-electron chi connectivity index (χ2n) is 9.47. The van der Waals surface area contributed by atoms with Crippen LogP contribution in [0, 0.1) is 12.8 Å². The van der Waals surface area contributed by atoms with E-state index in [1.54, 1.807) is 36.0 Å². The molecule has 5 rings (SSSR count). The van der Waals surface area contributed by atoms with E-state index in [0.717, 1.165) is 32.5 Å². The number of benzene rings is 2. The van der Waals surface area contributed by atoms with Crippen LogP contribution in [0.4, 0.5) is 0 Å². The normalized spacial score (nSPS) is 17.7. The maximum Gasteiger partial charge on any atom is 0.272 e. The number of aromatic nitrogens is 2. The second kappa shape index (κ2) is 9.00. The molecular weight excluding hydrogens is 448 g/mol. The van der Waals surface area contributed by atoms with Crippen molar-refractivity contribution in [3.05, 3.63) is 70.9 Å². The molecule has 8 heteroatoms. The average Bonchev–Trinajstić information content (AvgIpc) is 3.15. The van der Waals surface area contributed by atoms with Crippen molar-refractivity contribution in [3.63, 3.8) is 0 Å². The van der Waals surface area contributed by atoms with Crippen LogP contribution in [0.15, 0.2) is 53.4 Å². The number of nitrogens with one attached hydrogen (secondary N) is 1. The van der Waals surface area contributed by atoms with Crippen molar-refractivity contribution in [1.29, 1.82) is 0 Å². The van der Waals surface area contributed by atoms with Crippen molar-refractivity contribution in [1.82, 2.24) is 20.0 Å². The lowest BCUT2D eigenvalue weighted by Crippen LogP contribution is -2.38. The van der Waals surface area contributed by atoms with Gasteiger partial charge in [-0.05, 0) is 50.4 Å². The van der Waals surface area contributed by atoms with E-state index in [-0.39, 0.29) is 17.4 Å². The van der Waals surface area contributed by atoms with Crippen LogP contribution in [-0.2, 0) is 29.2 Å². The minimum atomic E-state index is -3.51. The molecule has 2 aliphatic rings. The van der Waals surface area contributed by atoms with Crippen molar-refractivity contribution in [2.45, 2.75) is 37.0 Å². The van der Waals surface area contributed by atoms with Gasteiger partial charge in [0.1, 0.15) is 0 Å². The van der Waals surface area contributed by atoms with Crippen molar-refractivity contribution in [2.24, 2.45) is 13.0 Å². The second-order valence-corrected chi connectivity index (χ2v) is 11.4. The number of carbonyl (C=O) groups excluding carboxylic acids is 1. The fraction of sp³-hybridized carbons (Fsp3) is 0.385. The Labute approximate surface area is 200 Å². The molecule has 0 saturated carbocycles. The summed E-state index contributed by atoms with van der Waals surface area (Å²) in [5, 5.41) is 7.44. The van der Waals surface area contributed by atoms with Gasteiger partial charge in [0.05, 0.1) is 16.3 Å². The number of aryl methyl sites for hydroxylation is 2. The number of sulfone groups is 1. The molecule has 178 valence electrons.